The summed E-state index contributed by atoms with van der Waals surface area (Å²) in [5.41, 5.74) is -0.744. The second kappa shape index (κ2) is 4.85. The molecule has 0 aromatic carbocycles. The summed E-state index contributed by atoms with van der Waals surface area (Å²) in [5.74, 6) is -1.52. The molecule has 3 nitrogen and oxygen atoms in total. The number of carbonyl (C=O) groups is 1. The first-order valence-electron chi connectivity index (χ1n) is 3.74. The number of aromatic nitrogens is 1. The molecule has 0 amide bonds. The van der Waals surface area contributed by atoms with E-state index in [-0.39, 0.29) is 16.0 Å². The van der Waals surface area contributed by atoms with Gasteiger partial charge in [-0.05, 0) is 22.0 Å². The van der Waals surface area contributed by atoms with Crippen molar-refractivity contribution >= 4 is 33.5 Å². The van der Waals surface area contributed by atoms with Crippen LogP contribution in [0.1, 0.15) is 28.0 Å². The summed E-state index contributed by atoms with van der Waals surface area (Å²) >= 11 is 8.37. The van der Waals surface area contributed by atoms with Gasteiger partial charge in [0.1, 0.15) is 10.3 Å². The van der Waals surface area contributed by atoms with Crippen LogP contribution in [0.5, 0.6) is 0 Å². The molecule has 0 spiro atoms. The highest BCUT2D eigenvalue weighted by molar-refractivity contribution is 9.10. The predicted octanol–water partition coefficient (Wildman–Crippen LogP) is 3.22. The maximum Gasteiger partial charge on any atom is 0.354 e. The molecule has 1 aromatic heterocycles. The van der Waals surface area contributed by atoms with Crippen LogP contribution in [0, 0.1) is 0 Å². The number of halogens is 4. The van der Waals surface area contributed by atoms with Crippen LogP contribution in [0.25, 0.3) is 0 Å². The maximum atomic E-state index is 12.5. The van der Waals surface area contributed by atoms with Crippen LogP contribution in [-0.2, 0) is 5.88 Å². The summed E-state index contributed by atoms with van der Waals surface area (Å²) in [4.78, 5) is 14.2. The summed E-state index contributed by atoms with van der Waals surface area (Å²) in [6.45, 7) is 0. The van der Waals surface area contributed by atoms with Crippen molar-refractivity contribution in [2.24, 2.45) is 0 Å². The van der Waals surface area contributed by atoms with Crippen LogP contribution in [0.2, 0.25) is 0 Å². The minimum atomic E-state index is -2.78. The number of nitrogens with zero attached hydrogens (tertiary/aromatic N) is 1. The number of pyridine rings is 1. The Morgan fingerprint density at radius 3 is 2.67 bits per heavy atom. The smallest absolute Gasteiger partial charge is 0.354 e. The molecule has 0 aliphatic heterocycles. The Morgan fingerprint density at radius 2 is 2.27 bits per heavy atom. The Morgan fingerprint density at radius 1 is 1.67 bits per heavy atom. The monoisotopic (exact) mass is 299 g/mol. The highest BCUT2D eigenvalue weighted by Crippen LogP contribution is 2.29. The summed E-state index contributed by atoms with van der Waals surface area (Å²) < 4.78 is 25.1. The lowest BCUT2D eigenvalue weighted by molar-refractivity contribution is 0.0689. The maximum absolute atomic E-state index is 12.5. The molecular formula is C8H5BrClF2NO2. The van der Waals surface area contributed by atoms with Gasteiger partial charge in [-0.2, -0.15) is 0 Å². The molecule has 1 aromatic rings. The van der Waals surface area contributed by atoms with Crippen LogP contribution in [0.4, 0.5) is 8.78 Å². The standard InChI is InChI=1S/C8H5BrClF2NO2/c9-6-4(2-10)3(7(11)12)1-5(13-6)8(14)15/h1,7H,2H2,(H,14,15). The number of carboxylic acids is 1. The van der Waals surface area contributed by atoms with E-state index in [4.69, 9.17) is 16.7 Å². The fourth-order valence-corrected chi connectivity index (χ4v) is 2.00. The molecule has 0 fully saturated rings. The molecule has 0 unspecified atom stereocenters. The van der Waals surface area contributed by atoms with Crippen LogP contribution in [0.3, 0.4) is 0 Å². The van der Waals surface area contributed by atoms with Gasteiger partial charge in [0.2, 0.25) is 0 Å². The van der Waals surface area contributed by atoms with Gasteiger partial charge in [-0.25, -0.2) is 18.6 Å². The van der Waals surface area contributed by atoms with Crippen molar-refractivity contribution in [1.82, 2.24) is 4.98 Å². The molecule has 0 atom stereocenters. The van der Waals surface area contributed by atoms with Crippen LogP contribution in [0.15, 0.2) is 10.7 Å². The lowest BCUT2D eigenvalue weighted by Crippen LogP contribution is -2.05. The number of alkyl halides is 3. The molecule has 15 heavy (non-hydrogen) atoms. The number of aromatic carboxylic acids is 1. The zero-order valence-corrected chi connectivity index (χ0v) is 9.52. The van der Waals surface area contributed by atoms with E-state index in [2.05, 4.69) is 20.9 Å². The van der Waals surface area contributed by atoms with Gasteiger partial charge in [0.15, 0.2) is 0 Å². The molecule has 0 saturated carbocycles. The minimum absolute atomic E-state index is 0.0349. The Balaban J connectivity index is 3.38. The molecule has 1 heterocycles. The van der Waals surface area contributed by atoms with Crippen molar-refractivity contribution in [3.63, 3.8) is 0 Å². The molecular weight excluding hydrogens is 295 g/mol. The third-order valence-electron chi connectivity index (χ3n) is 1.70. The highest BCUT2D eigenvalue weighted by atomic mass is 79.9. The Labute approximate surface area is 97.2 Å². The lowest BCUT2D eigenvalue weighted by atomic mass is 10.1. The number of hydrogen-bond donors (Lipinski definition) is 1. The van der Waals surface area contributed by atoms with E-state index < -0.39 is 23.7 Å². The molecule has 0 saturated heterocycles. The molecule has 7 heteroatoms. The summed E-state index contributed by atoms with van der Waals surface area (Å²) in [7, 11) is 0. The average Bonchev–Trinajstić information content (AvgIpc) is 2.16. The van der Waals surface area contributed by atoms with Crippen LogP contribution < -0.4 is 0 Å². The molecule has 82 valence electrons. The lowest BCUT2D eigenvalue weighted by Gasteiger charge is -2.08. The summed E-state index contributed by atoms with van der Waals surface area (Å²) in [5, 5.41) is 8.62. The minimum Gasteiger partial charge on any atom is -0.477 e. The zero-order chi connectivity index (χ0) is 11.6. The van der Waals surface area contributed by atoms with E-state index in [1.54, 1.807) is 0 Å². The van der Waals surface area contributed by atoms with Crippen molar-refractivity contribution in [2.75, 3.05) is 0 Å². The first-order chi connectivity index (χ1) is 6.97. The van der Waals surface area contributed by atoms with Crippen molar-refractivity contribution in [3.05, 3.63) is 27.5 Å². The SMILES string of the molecule is O=C(O)c1cc(C(F)F)c(CCl)c(Br)n1. The second-order valence-electron chi connectivity index (χ2n) is 2.61. The van der Waals surface area contributed by atoms with Crippen molar-refractivity contribution in [2.45, 2.75) is 12.3 Å². The van der Waals surface area contributed by atoms with Gasteiger partial charge in [-0.3, -0.25) is 0 Å². The Bertz CT molecular complexity index is 400. The molecule has 1 rings (SSSR count). The van der Waals surface area contributed by atoms with Crippen molar-refractivity contribution in [1.29, 1.82) is 0 Å². The van der Waals surface area contributed by atoms with Gasteiger partial charge in [0, 0.05) is 11.1 Å². The van der Waals surface area contributed by atoms with E-state index in [0.29, 0.717) is 0 Å². The Kier molecular flexibility index (Phi) is 3.98. The largest absolute Gasteiger partial charge is 0.477 e. The van der Waals surface area contributed by atoms with Gasteiger partial charge in [0.25, 0.3) is 6.43 Å². The van der Waals surface area contributed by atoms with E-state index in [9.17, 15) is 13.6 Å². The van der Waals surface area contributed by atoms with E-state index in [0.717, 1.165) is 6.07 Å². The van der Waals surface area contributed by atoms with Crippen LogP contribution >= 0.6 is 27.5 Å². The number of rotatable bonds is 3. The van der Waals surface area contributed by atoms with Crippen molar-refractivity contribution in [3.8, 4) is 0 Å². The van der Waals surface area contributed by atoms with E-state index >= 15 is 0 Å². The fourth-order valence-electron chi connectivity index (χ4n) is 0.996. The highest BCUT2D eigenvalue weighted by Gasteiger charge is 2.19. The van der Waals surface area contributed by atoms with Gasteiger partial charge < -0.3 is 5.11 Å². The first kappa shape index (κ1) is 12.3. The topological polar surface area (TPSA) is 50.2 Å². The van der Waals surface area contributed by atoms with Gasteiger partial charge >= 0.3 is 5.97 Å². The fraction of sp³-hybridized carbons (Fsp3) is 0.250. The first-order valence-corrected chi connectivity index (χ1v) is 5.06. The zero-order valence-electron chi connectivity index (χ0n) is 7.18. The van der Waals surface area contributed by atoms with Gasteiger partial charge in [-0.15, -0.1) is 11.6 Å². The molecule has 0 bridgehead atoms. The Hall–Kier alpha value is -0.750. The molecule has 1 N–H and O–H groups in total. The summed E-state index contributed by atoms with van der Waals surface area (Å²) in [6, 6.07) is 0.829. The second-order valence-corrected chi connectivity index (χ2v) is 3.62. The van der Waals surface area contributed by atoms with Gasteiger partial charge in [-0.1, -0.05) is 0 Å². The van der Waals surface area contributed by atoms with Gasteiger partial charge in [0.05, 0.1) is 5.88 Å². The molecule has 0 aliphatic carbocycles. The van der Waals surface area contributed by atoms with E-state index in [1.807, 2.05) is 0 Å². The quantitative estimate of drug-likeness (QED) is 0.689. The molecule has 0 radical (unpaired) electrons. The number of hydrogen-bond acceptors (Lipinski definition) is 2. The third-order valence-corrected chi connectivity index (χ3v) is 2.62. The van der Waals surface area contributed by atoms with Crippen molar-refractivity contribution < 1.29 is 18.7 Å². The van der Waals surface area contributed by atoms with Crippen LogP contribution in [-0.4, -0.2) is 16.1 Å². The third kappa shape index (κ3) is 2.63. The number of carboxylic acid groups (broad SMARTS) is 1. The average molecular weight is 300 g/mol. The molecule has 0 aliphatic rings. The summed E-state index contributed by atoms with van der Waals surface area (Å²) in [6.07, 6.45) is -2.78. The normalized spacial score (nSPS) is 10.7. The predicted molar refractivity (Wildman–Crippen MR) is 53.4 cm³/mol. The van der Waals surface area contributed by atoms with E-state index in [1.165, 1.54) is 0 Å².